The van der Waals surface area contributed by atoms with Crippen molar-refractivity contribution in [2.75, 3.05) is 30.6 Å². The molecule has 148 valence electrons. The van der Waals surface area contributed by atoms with Crippen LogP contribution in [0.4, 0.5) is 16.3 Å². The molecule has 0 atom stereocenters. The van der Waals surface area contributed by atoms with Gasteiger partial charge in [-0.2, -0.15) is 4.98 Å². The molecule has 4 rings (SSSR count). The maximum absolute atomic E-state index is 13.4. The first-order valence-electron chi connectivity index (χ1n) is 8.65. The quantitative estimate of drug-likeness (QED) is 0.620. The number of methoxy groups -OCH3 is 2. The van der Waals surface area contributed by atoms with Crippen LogP contribution in [0.2, 0.25) is 15.3 Å². The summed E-state index contributed by atoms with van der Waals surface area (Å²) >= 11 is 19.0. The summed E-state index contributed by atoms with van der Waals surface area (Å²) in [5, 5.41) is 0.553. The molecular formula is C18H17Cl3N4O3. The minimum atomic E-state index is -0.284. The average Bonchev–Trinajstić information content (AvgIpc) is 3.50. The third-order valence-electron chi connectivity index (χ3n) is 4.82. The molecule has 28 heavy (non-hydrogen) atoms. The van der Waals surface area contributed by atoms with Crippen LogP contribution in [0, 0.1) is 5.92 Å². The second-order valence-electron chi connectivity index (χ2n) is 6.67. The van der Waals surface area contributed by atoms with Gasteiger partial charge in [-0.25, -0.2) is 9.78 Å². The monoisotopic (exact) mass is 442 g/mol. The second-order valence-corrected chi connectivity index (χ2v) is 7.76. The molecule has 0 spiro atoms. The molecule has 0 bridgehead atoms. The number of carbonyl (C=O) groups is 1. The van der Waals surface area contributed by atoms with Crippen LogP contribution >= 0.6 is 34.8 Å². The Morgan fingerprint density at radius 2 is 1.79 bits per heavy atom. The fraction of sp³-hybridized carbons (Fsp3) is 0.389. The third kappa shape index (κ3) is 3.32. The lowest BCUT2D eigenvalue weighted by molar-refractivity contribution is 0.249. The van der Waals surface area contributed by atoms with Gasteiger partial charge in [-0.1, -0.05) is 23.2 Å². The SMILES string of the molecule is COc1cc(OC)c(Cl)c(N2Cc3cnc(Cl)nc3N(CC3CC3)C2=O)c1Cl. The number of benzene rings is 1. The number of anilines is 2. The van der Waals surface area contributed by atoms with Crippen molar-refractivity contribution in [2.45, 2.75) is 19.4 Å². The highest BCUT2D eigenvalue weighted by Gasteiger charge is 2.39. The van der Waals surface area contributed by atoms with Gasteiger partial charge in [0.05, 0.1) is 26.5 Å². The summed E-state index contributed by atoms with van der Waals surface area (Å²) in [7, 11) is 2.97. The number of ether oxygens (including phenoxy) is 2. The van der Waals surface area contributed by atoms with Crippen LogP contribution in [0.5, 0.6) is 11.5 Å². The van der Waals surface area contributed by atoms with E-state index in [1.54, 1.807) is 17.2 Å². The van der Waals surface area contributed by atoms with Gasteiger partial charge in [-0.15, -0.1) is 0 Å². The molecule has 0 radical (unpaired) electrons. The fourth-order valence-electron chi connectivity index (χ4n) is 3.20. The molecule has 1 aromatic heterocycles. The Hall–Kier alpha value is -1.96. The van der Waals surface area contributed by atoms with Crippen LogP contribution in [-0.4, -0.2) is 36.8 Å². The Morgan fingerprint density at radius 1 is 1.14 bits per heavy atom. The highest BCUT2D eigenvalue weighted by molar-refractivity contribution is 6.42. The van der Waals surface area contributed by atoms with Crippen LogP contribution in [0.1, 0.15) is 18.4 Å². The number of fused-ring (bicyclic) bond motifs is 1. The first kappa shape index (κ1) is 19.4. The van der Waals surface area contributed by atoms with Gasteiger partial charge in [0.1, 0.15) is 27.4 Å². The molecule has 0 unspecified atom stereocenters. The standard InChI is InChI=1S/C18H17Cl3N4O3/c1-27-11-5-12(28-2)14(20)15(13(11)19)24-8-10-6-22-17(21)23-16(10)25(18(24)26)7-9-3-4-9/h5-6,9H,3-4,7-8H2,1-2H3. The Labute approximate surface area is 177 Å². The maximum atomic E-state index is 13.4. The van der Waals surface area contributed by atoms with Crippen LogP contribution < -0.4 is 19.3 Å². The minimum Gasteiger partial charge on any atom is -0.495 e. The Balaban J connectivity index is 1.85. The van der Waals surface area contributed by atoms with Crippen molar-refractivity contribution in [1.82, 2.24) is 9.97 Å². The smallest absolute Gasteiger partial charge is 0.330 e. The molecule has 10 heteroatoms. The predicted octanol–water partition coefficient (Wildman–Crippen LogP) is 4.81. The molecule has 1 fully saturated rings. The summed E-state index contributed by atoms with van der Waals surface area (Å²) < 4.78 is 10.7. The van der Waals surface area contributed by atoms with E-state index in [2.05, 4.69) is 9.97 Å². The van der Waals surface area contributed by atoms with E-state index in [1.807, 2.05) is 0 Å². The molecule has 1 aromatic carbocycles. The van der Waals surface area contributed by atoms with Crippen LogP contribution in [0.15, 0.2) is 12.3 Å². The van der Waals surface area contributed by atoms with Gasteiger partial charge in [-0.3, -0.25) is 9.80 Å². The third-order valence-corrected chi connectivity index (χ3v) is 5.73. The highest BCUT2D eigenvalue weighted by Crippen LogP contribution is 2.48. The molecule has 1 aliphatic heterocycles. The average molecular weight is 444 g/mol. The van der Waals surface area contributed by atoms with Crippen molar-refractivity contribution in [1.29, 1.82) is 0 Å². The summed E-state index contributed by atoms with van der Waals surface area (Å²) in [5.41, 5.74) is 1.07. The van der Waals surface area contributed by atoms with Gasteiger partial charge in [0, 0.05) is 24.4 Å². The van der Waals surface area contributed by atoms with E-state index < -0.39 is 0 Å². The minimum absolute atomic E-state index is 0.0971. The lowest BCUT2D eigenvalue weighted by Gasteiger charge is -2.37. The molecule has 1 aliphatic carbocycles. The van der Waals surface area contributed by atoms with Gasteiger partial charge >= 0.3 is 6.03 Å². The Kier molecular flexibility index (Phi) is 5.16. The largest absolute Gasteiger partial charge is 0.495 e. The number of carbonyl (C=O) groups excluding carboxylic acids is 1. The van der Waals surface area contributed by atoms with Gasteiger partial charge < -0.3 is 9.47 Å². The number of urea groups is 1. The highest BCUT2D eigenvalue weighted by atomic mass is 35.5. The lowest BCUT2D eigenvalue weighted by Crippen LogP contribution is -2.49. The number of aromatic nitrogens is 2. The Bertz CT molecular complexity index is 924. The molecular weight excluding hydrogens is 427 g/mol. The number of hydrogen-bond donors (Lipinski definition) is 0. The normalized spacial score (nSPS) is 16.2. The Morgan fingerprint density at radius 3 is 2.36 bits per heavy atom. The number of nitrogens with zero attached hydrogens (tertiary/aromatic N) is 4. The van der Waals surface area contributed by atoms with Crippen LogP contribution in [0.25, 0.3) is 0 Å². The molecule has 7 nitrogen and oxygen atoms in total. The fourth-order valence-corrected chi connectivity index (χ4v) is 4.04. The molecule has 2 heterocycles. The molecule has 2 amide bonds. The first-order valence-corrected chi connectivity index (χ1v) is 9.78. The van der Waals surface area contributed by atoms with E-state index in [1.165, 1.54) is 19.1 Å². The van der Waals surface area contributed by atoms with Crippen molar-refractivity contribution in [3.05, 3.63) is 33.2 Å². The van der Waals surface area contributed by atoms with Gasteiger partial charge in [0.25, 0.3) is 0 Å². The number of halogens is 3. The van der Waals surface area contributed by atoms with Gasteiger partial charge in [0.2, 0.25) is 5.28 Å². The first-order chi connectivity index (χ1) is 13.4. The van der Waals surface area contributed by atoms with Gasteiger partial charge in [0.15, 0.2) is 0 Å². The summed E-state index contributed by atoms with van der Waals surface area (Å²) in [5.74, 6) is 1.68. The molecule has 0 saturated heterocycles. The zero-order valence-electron chi connectivity index (χ0n) is 15.2. The molecule has 2 aliphatic rings. The van der Waals surface area contributed by atoms with E-state index in [0.29, 0.717) is 35.5 Å². The van der Waals surface area contributed by atoms with Crippen molar-refractivity contribution < 1.29 is 14.3 Å². The molecule has 0 N–H and O–H groups in total. The van der Waals surface area contributed by atoms with Crippen molar-refractivity contribution in [3.8, 4) is 11.5 Å². The van der Waals surface area contributed by atoms with E-state index >= 15 is 0 Å². The second kappa shape index (κ2) is 7.46. The van der Waals surface area contributed by atoms with E-state index in [0.717, 1.165) is 18.4 Å². The number of amides is 2. The predicted molar refractivity (Wildman–Crippen MR) is 108 cm³/mol. The summed E-state index contributed by atoms with van der Waals surface area (Å²) in [6.45, 7) is 0.744. The van der Waals surface area contributed by atoms with E-state index in [-0.39, 0.29) is 27.9 Å². The topological polar surface area (TPSA) is 67.8 Å². The summed E-state index contributed by atoms with van der Waals surface area (Å²) in [6, 6.07) is 1.30. The zero-order valence-corrected chi connectivity index (χ0v) is 17.5. The van der Waals surface area contributed by atoms with Crippen LogP contribution in [0.3, 0.4) is 0 Å². The van der Waals surface area contributed by atoms with Crippen molar-refractivity contribution in [2.24, 2.45) is 5.92 Å². The number of rotatable bonds is 5. The van der Waals surface area contributed by atoms with E-state index in [4.69, 9.17) is 44.3 Å². The maximum Gasteiger partial charge on any atom is 0.330 e. The molecule has 1 saturated carbocycles. The van der Waals surface area contributed by atoms with E-state index in [9.17, 15) is 4.79 Å². The van der Waals surface area contributed by atoms with Gasteiger partial charge in [-0.05, 0) is 30.4 Å². The summed E-state index contributed by atoms with van der Waals surface area (Å²) in [4.78, 5) is 24.9. The lowest BCUT2D eigenvalue weighted by atomic mass is 10.1. The number of hydrogen-bond acceptors (Lipinski definition) is 5. The van der Waals surface area contributed by atoms with Crippen molar-refractivity contribution in [3.63, 3.8) is 0 Å². The van der Waals surface area contributed by atoms with Crippen LogP contribution in [-0.2, 0) is 6.54 Å². The molecule has 2 aromatic rings. The zero-order chi connectivity index (χ0) is 20.0. The summed E-state index contributed by atoms with van der Waals surface area (Å²) in [6.07, 6.45) is 3.77. The van der Waals surface area contributed by atoms with Crippen molar-refractivity contribution >= 4 is 52.3 Å².